The second-order valence-electron chi connectivity index (χ2n) is 8.51. The summed E-state index contributed by atoms with van der Waals surface area (Å²) in [5.74, 6) is 0.692. The van der Waals surface area contributed by atoms with Crippen molar-refractivity contribution in [3.8, 4) is 5.75 Å². The molecule has 1 aliphatic rings. The van der Waals surface area contributed by atoms with Crippen molar-refractivity contribution >= 4 is 11.6 Å². The molecule has 0 bridgehead atoms. The third-order valence-electron chi connectivity index (χ3n) is 6.00. The highest BCUT2D eigenvalue weighted by Gasteiger charge is 2.17. The quantitative estimate of drug-likeness (QED) is 0.555. The van der Waals surface area contributed by atoms with Crippen LogP contribution in [0.4, 0.5) is 0 Å². The number of likely N-dealkylation sites (tertiary alicyclic amines) is 1. The van der Waals surface area contributed by atoms with Crippen LogP contribution in [0.3, 0.4) is 0 Å². The number of ether oxygens (including phenoxy) is 1. The molecule has 1 amide bonds. The average Bonchev–Trinajstić information content (AvgIpc) is 3.18. The van der Waals surface area contributed by atoms with Gasteiger partial charge in [0.15, 0.2) is 0 Å². The lowest BCUT2D eigenvalue weighted by atomic mass is 10.0. The van der Waals surface area contributed by atoms with Gasteiger partial charge in [0.25, 0.3) is 5.91 Å². The van der Waals surface area contributed by atoms with E-state index in [1.54, 1.807) is 0 Å². The van der Waals surface area contributed by atoms with Crippen LogP contribution in [-0.2, 0) is 6.61 Å². The van der Waals surface area contributed by atoms with Crippen LogP contribution >= 0.6 is 0 Å². The minimum Gasteiger partial charge on any atom is -0.487 e. The molecule has 3 heterocycles. The van der Waals surface area contributed by atoms with Crippen molar-refractivity contribution in [3.63, 3.8) is 0 Å². The van der Waals surface area contributed by atoms with Crippen LogP contribution in [-0.4, -0.2) is 45.9 Å². The van der Waals surface area contributed by atoms with Gasteiger partial charge in [-0.2, -0.15) is 0 Å². The molecular formula is C25H32N4O2. The van der Waals surface area contributed by atoms with Crippen LogP contribution < -0.4 is 10.1 Å². The standard InChI is InChI=1S/C25H32N4O2/c1-19-7-12-24-27-22(17-29(24)16-19)18-31-23-10-8-21(9-11-23)25(30)26-13-5-15-28-14-4-3-6-20(28)2/h7-12,16-17,20H,3-6,13-15,18H2,1-2H3,(H,26,30). The molecule has 2 aromatic heterocycles. The summed E-state index contributed by atoms with van der Waals surface area (Å²) in [7, 11) is 0. The molecule has 1 fully saturated rings. The van der Waals surface area contributed by atoms with Gasteiger partial charge in [-0.25, -0.2) is 4.98 Å². The summed E-state index contributed by atoms with van der Waals surface area (Å²) in [6.07, 6.45) is 8.93. The van der Waals surface area contributed by atoms with Crippen LogP contribution in [0.5, 0.6) is 5.75 Å². The van der Waals surface area contributed by atoms with Crippen LogP contribution in [0.1, 0.15) is 54.2 Å². The first kappa shape index (κ1) is 21.4. The number of aromatic nitrogens is 2. The van der Waals surface area contributed by atoms with Crippen molar-refractivity contribution in [2.45, 2.75) is 52.2 Å². The highest BCUT2D eigenvalue weighted by Crippen LogP contribution is 2.17. The number of piperidine rings is 1. The number of nitrogens with one attached hydrogen (secondary N) is 1. The summed E-state index contributed by atoms with van der Waals surface area (Å²) < 4.78 is 7.86. The highest BCUT2D eigenvalue weighted by molar-refractivity contribution is 5.94. The molecule has 1 aliphatic heterocycles. The van der Waals surface area contributed by atoms with Crippen molar-refractivity contribution in [3.05, 3.63) is 65.6 Å². The number of pyridine rings is 1. The largest absolute Gasteiger partial charge is 0.487 e. The Labute approximate surface area is 184 Å². The van der Waals surface area contributed by atoms with Gasteiger partial charge < -0.3 is 19.4 Å². The Morgan fingerprint density at radius 1 is 1.16 bits per heavy atom. The molecule has 1 N–H and O–H groups in total. The maximum absolute atomic E-state index is 12.4. The first-order valence-electron chi connectivity index (χ1n) is 11.3. The Bertz CT molecular complexity index is 1010. The van der Waals surface area contributed by atoms with Gasteiger partial charge in [-0.3, -0.25) is 4.79 Å². The lowest BCUT2D eigenvalue weighted by molar-refractivity contribution is 0.0949. The van der Waals surface area contributed by atoms with E-state index in [1.807, 2.05) is 53.2 Å². The van der Waals surface area contributed by atoms with Crippen molar-refractivity contribution in [2.75, 3.05) is 19.6 Å². The van der Waals surface area contributed by atoms with E-state index in [1.165, 1.54) is 31.4 Å². The van der Waals surface area contributed by atoms with Gasteiger partial charge >= 0.3 is 0 Å². The van der Waals surface area contributed by atoms with Crippen LogP contribution in [0.25, 0.3) is 5.65 Å². The summed E-state index contributed by atoms with van der Waals surface area (Å²) >= 11 is 0. The Morgan fingerprint density at radius 2 is 2.00 bits per heavy atom. The molecule has 0 aliphatic carbocycles. The number of carbonyl (C=O) groups excluding carboxylic acids is 1. The number of benzene rings is 1. The Kier molecular flexibility index (Phi) is 6.87. The molecule has 0 radical (unpaired) electrons. The van der Waals surface area contributed by atoms with E-state index >= 15 is 0 Å². The number of amides is 1. The molecule has 0 saturated carbocycles. The van der Waals surface area contributed by atoms with Crippen molar-refractivity contribution in [1.29, 1.82) is 0 Å². The highest BCUT2D eigenvalue weighted by atomic mass is 16.5. The summed E-state index contributed by atoms with van der Waals surface area (Å²) in [6, 6.07) is 12.0. The first-order chi connectivity index (χ1) is 15.1. The van der Waals surface area contributed by atoms with E-state index in [9.17, 15) is 4.79 Å². The summed E-state index contributed by atoms with van der Waals surface area (Å²) in [4.78, 5) is 19.5. The lowest BCUT2D eigenvalue weighted by Gasteiger charge is -2.33. The number of imidazole rings is 1. The maximum atomic E-state index is 12.4. The van der Waals surface area contributed by atoms with E-state index in [-0.39, 0.29) is 5.91 Å². The van der Waals surface area contributed by atoms with E-state index in [0.717, 1.165) is 30.1 Å². The first-order valence-corrected chi connectivity index (χ1v) is 11.3. The number of fused-ring (bicyclic) bond motifs is 1. The van der Waals surface area contributed by atoms with Crippen molar-refractivity contribution in [1.82, 2.24) is 19.6 Å². The summed E-state index contributed by atoms with van der Waals surface area (Å²) in [5, 5.41) is 3.03. The van der Waals surface area contributed by atoms with E-state index in [0.29, 0.717) is 24.8 Å². The van der Waals surface area contributed by atoms with Gasteiger partial charge in [0, 0.05) is 37.1 Å². The number of hydrogen-bond donors (Lipinski definition) is 1. The summed E-state index contributed by atoms with van der Waals surface area (Å²) in [5.41, 5.74) is 3.62. The summed E-state index contributed by atoms with van der Waals surface area (Å²) in [6.45, 7) is 7.69. The van der Waals surface area contributed by atoms with Gasteiger partial charge in [0.05, 0.1) is 5.69 Å². The molecule has 31 heavy (non-hydrogen) atoms. The van der Waals surface area contributed by atoms with Crippen LogP contribution in [0, 0.1) is 6.92 Å². The maximum Gasteiger partial charge on any atom is 0.251 e. The number of nitrogens with zero attached hydrogens (tertiary/aromatic N) is 3. The van der Waals surface area contributed by atoms with Gasteiger partial charge in [-0.05, 0) is 75.5 Å². The average molecular weight is 421 g/mol. The van der Waals surface area contributed by atoms with Gasteiger partial charge in [-0.15, -0.1) is 0 Å². The Balaban J connectivity index is 1.22. The molecule has 0 spiro atoms. The predicted molar refractivity (Wildman–Crippen MR) is 123 cm³/mol. The zero-order valence-corrected chi connectivity index (χ0v) is 18.5. The minimum absolute atomic E-state index is 0.0334. The molecule has 1 aromatic carbocycles. The Morgan fingerprint density at radius 3 is 2.81 bits per heavy atom. The van der Waals surface area contributed by atoms with E-state index < -0.39 is 0 Å². The zero-order chi connectivity index (χ0) is 21.6. The number of aryl methyl sites for hydroxylation is 1. The van der Waals surface area contributed by atoms with E-state index in [2.05, 4.69) is 29.0 Å². The van der Waals surface area contributed by atoms with Crippen molar-refractivity contribution < 1.29 is 9.53 Å². The molecule has 4 rings (SSSR count). The predicted octanol–water partition coefficient (Wildman–Crippen LogP) is 4.22. The fraction of sp³-hybridized carbons (Fsp3) is 0.440. The fourth-order valence-corrected chi connectivity index (χ4v) is 4.16. The number of rotatable bonds is 8. The monoisotopic (exact) mass is 420 g/mol. The smallest absolute Gasteiger partial charge is 0.251 e. The topological polar surface area (TPSA) is 58.9 Å². The molecule has 1 saturated heterocycles. The normalized spacial score (nSPS) is 17.0. The molecular weight excluding hydrogens is 388 g/mol. The molecule has 164 valence electrons. The van der Waals surface area contributed by atoms with Gasteiger partial charge in [-0.1, -0.05) is 12.5 Å². The molecule has 3 aromatic rings. The minimum atomic E-state index is -0.0334. The van der Waals surface area contributed by atoms with Crippen LogP contribution in [0.15, 0.2) is 48.8 Å². The Hall–Kier alpha value is -2.86. The molecule has 1 atom stereocenters. The van der Waals surface area contributed by atoms with Gasteiger partial charge in [0.1, 0.15) is 18.0 Å². The number of carbonyl (C=O) groups is 1. The van der Waals surface area contributed by atoms with Crippen molar-refractivity contribution in [2.24, 2.45) is 0 Å². The fourth-order valence-electron chi connectivity index (χ4n) is 4.16. The van der Waals surface area contributed by atoms with Gasteiger partial charge in [0.2, 0.25) is 0 Å². The molecule has 6 heteroatoms. The number of hydrogen-bond acceptors (Lipinski definition) is 4. The zero-order valence-electron chi connectivity index (χ0n) is 18.5. The second kappa shape index (κ2) is 9.96. The third-order valence-corrected chi connectivity index (χ3v) is 6.00. The van der Waals surface area contributed by atoms with E-state index in [4.69, 9.17) is 4.74 Å². The molecule has 6 nitrogen and oxygen atoms in total. The third kappa shape index (κ3) is 5.64. The molecule has 1 unspecified atom stereocenters. The second-order valence-corrected chi connectivity index (χ2v) is 8.51. The van der Waals surface area contributed by atoms with Crippen LogP contribution in [0.2, 0.25) is 0 Å². The SMILES string of the molecule is Cc1ccc2nc(COc3ccc(C(=O)NCCCN4CCCCC4C)cc3)cn2c1. The lowest BCUT2D eigenvalue weighted by Crippen LogP contribution is -2.39.